The van der Waals surface area contributed by atoms with Crippen LogP contribution >= 0.6 is 22.9 Å². The van der Waals surface area contributed by atoms with Crippen LogP contribution in [0.5, 0.6) is 0 Å². The Morgan fingerprint density at radius 1 is 1.35 bits per heavy atom. The van der Waals surface area contributed by atoms with Crippen molar-refractivity contribution in [3.8, 4) is 0 Å². The van der Waals surface area contributed by atoms with Crippen molar-refractivity contribution in [2.45, 2.75) is 51.7 Å². The molecule has 1 aliphatic rings. The number of piperidine rings is 1. The molecule has 1 atom stereocenters. The fourth-order valence-corrected chi connectivity index (χ4v) is 3.90. The van der Waals surface area contributed by atoms with Gasteiger partial charge in [-0.3, -0.25) is 9.69 Å². The number of hydrogen-bond acceptors (Lipinski definition) is 5. The van der Waals surface area contributed by atoms with E-state index in [9.17, 15) is 9.59 Å². The molecule has 0 bridgehead atoms. The molecule has 1 aliphatic heterocycles. The maximum Gasteiger partial charge on any atom is 0.410 e. The molecule has 3 rings (SSSR count). The highest BCUT2D eigenvalue weighted by atomic mass is 35.5. The number of aromatic nitrogens is 1. The summed E-state index contributed by atoms with van der Waals surface area (Å²) in [6.45, 7) is 5.96. The molecule has 1 fully saturated rings. The van der Waals surface area contributed by atoms with Crippen LogP contribution in [-0.2, 0) is 9.53 Å². The van der Waals surface area contributed by atoms with Crippen LogP contribution in [0.2, 0.25) is 5.02 Å². The quantitative estimate of drug-likeness (QED) is 0.801. The Morgan fingerprint density at radius 2 is 2.12 bits per heavy atom. The summed E-state index contributed by atoms with van der Waals surface area (Å²) in [5, 5.41) is 3.95. The largest absolute Gasteiger partial charge is 0.444 e. The van der Waals surface area contributed by atoms with Crippen LogP contribution in [-0.4, -0.2) is 40.1 Å². The van der Waals surface area contributed by atoms with Crippen LogP contribution in [0.15, 0.2) is 18.2 Å². The average Bonchev–Trinajstić information content (AvgIpc) is 2.94. The SMILES string of the molecule is CC(C)(C)OC(=O)N1CCCCC1C(=O)Nc1nc2cc(Cl)ccc2s1. The van der Waals surface area contributed by atoms with E-state index in [0.717, 1.165) is 23.1 Å². The van der Waals surface area contributed by atoms with E-state index in [2.05, 4.69) is 10.3 Å². The summed E-state index contributed by atoms with van der Waals surface area (Å²) in [5.74, 6) is -0.235. The highest BCUT2D eigenvalue weighted by Crippen LogP contribution is 2.29. The number of likely N-dealkylation sites (tertiary alicyclic amines) is 1. The lowest BCUT2D eigenvalue weighted by atomic mass is 10.0. The summed E-state index contributed by atoms with van der Waals surface area (Å²) in [6, 6.07) is 4.88. The molecule has 1 aromatic heterocycles. The lowest BCUT2D eigenvalue weighted by Crippen LogP contribution is -2.51. The molecule has 0 spiro atoms. The number of hydrogen-bond donors (Lipinski definition) is 1. The Morgan fingerprint density at radius 3 is 2.85 bits per heavy atom. The van der Waals surface area contributed by atoms with Gasteiger partial charge in [-0.25, -0.2) is 9.78 Å². The minimum Gasteiger partial charge on any atom is -0.444 e. The van der Waals surface area contributed by atoms with Crippen LogP contribution in [0.25, 0.3) is 10.2 Å². The Bertz CT molecular complexity index is 831. The third-order valence-electron chi connectivity index (χ3n) is 4.01. The summed E-state index contributed by atoms with van der Waals surface area (Å²) < 4.78 is 6.39. The minimum absolute atomic E-state index is 0.235. The first-order valence-electron chi connectivity index (χ1n) is 8.59. The van der Waals surface area contributed by atoms with E-state index in [-0.39, 0.29) is 5.91 Å². The molecule has 0 radical (unpaired) electrons. The van der Waals surface area contributed by atoms with Crippen LogP contribution in [0.1, 0.15) is 40.0 Å². The summed E-state index contributed by atoms with van der Waals surface area (Å²) in [4.78, 5) is 31.2. The molecular formula is C18H22ClN3O3S. The molecule has 1 N–H and O–H groups in total. The lowest BCUT2D eigenvalue weighted by molar-refractivity contribution is -0.122. The first-order valence-corrected chi connectivity index (χ1v) is 9.79. The van der Waals surface area contributed by atoms with Crippen molar-refractivity contribution >= 4 is 50.3 Å². The van der Waals surface area contributed by atoms with E-state index in [1.165, 1.54) is 16.2 Å². The highest BCUT2D eigenvalue weighted by molar-refractivity contribution is 7.22. The molecule has 2 aromatic rings. The van der Waals surface area contributed by atoms with E-state index in [1.54, 1.807) is 12.1 Å². The zero-order valence-corrected chi connectivity index (χ0v) is 16.6. The Balaban J connectivity index is 1.74. The van der Waals surface area contributed by atoms with Gasteiger partial charge < -0.3 is 10.1 Å². The molecule has 0 saturated carbocycles. The third kappa shape index (κ3) is 4.45. The van der Waals surface area contributed by atoms with Gasteiger partial charge in [-0.15, -0.1) is 0 Å². The number of halogens is 1. The van der Waals surface area contributed by atoms with Crippen molar-refractivity contribution in [1.29, 1.82) is 0 Å². The number of anilines is 1. The number of carbonyl (C=O) groups is 2. The van der Waals surface area contributed by atoms with Crippen LogP contribution < -0.4 is 5.32 Å². The van der Waals surface area contributed by atoms with Gasteiger partial charge in [0.15, 0.2) is 5.13 Å². The molecule has 0 aliphatic carbocycles. The van der Waals surface area contributed by atoms with Crippen molar-refractivity contribution in [3.05, 3.63) is 23.2 Å². The fraction of sp³-hybridized carbons (Fsp3) is 0.500. The number of amides is 2. The Labute approximate surface area is 161 Å². The standard InChI is InChI=1S/C18H22ClN3O3S/c1-18(2,3)25-17(24)22-9-5-4-6-13(22)15(23)21-16-20-12-10-11(19)7-8-14(12)26-16/h7-8,10,13H,4-6,9H2,1-3H3,(H,20,21,23). The molecule has 26 heavy (non-hydrogen) atoms. The molecule has 2 heterocycles. The summed E-state index contributed by atoms with van der Waals surface area (Å²) in [6.07, 6.45) is 1.92. The van der Waals surface area contributed by atoms with Gasteiger partial charge >= 0.3 is 6.09 Å². The first kappa shape index (κ1) is 18.9. The highest BCUT2D eigenvalue weighted by Gasteiger charge is 2.35. The Kier molecular flexibility index (Phi) is 5.39. The molecular weight excluding hydrogens is 374 g/mol. The number of rotatable bonds is 2. The van der Waals surface area contributed by atoms with Gasteiger partial charge in [0.2, 0.25) is 5.91 Å². The summed E-state index contributed by atoms with van der Waals surface area (Å²) in [7, 11) is 0. The zero-order chi connectivity index (χ0) is 18.9. The van der Waals surface area contributed by atoms with Gasteiger partial charge in [0.05, 0.1) is 10.2 Å². The number of nitrogens with zero attached hydrogens (tertiary/aromatic N) is 2. The second kappa shape index (κ2) is 7.40. The second-order valence-corrected chi connectivity index (χ2v) is 8.77. The van der Waals surface area contributed by atoms with Crippen molar-refractivity contribution < 1.29 is 14.3 Å². The molecule has 140 valence electrons. The molecule has 1 saturated heterocycles. The molecule has 1 aromatic carbocycles. The van der Waals surface area contributed by atoms with E-state index >= 15 is 0 Å². The summed E-state index contributed by atoms with van der Waals surface area (Å²) in [5.41, 5.74) is 0.146. The zero-order valence-electron chi connectivity index (χ0n) is 15.0. The normalized spacial score (nSPS) is 18.0. The summed E-state index contributed by atoms with van der Waals surface area (Å²) >= 11 is 7.36. The van der Waals surface area contributed by atoms with Gasteiger partial charge in [0, 0.05) is 11.6 Å². The van der Waals surface area contributed by atoms with Gasteiger partial charge in [0.1, 0.15) is 11.6 Å². The Hall–Kier alpha value is -1.86. The van der Waals surface area contributed by atoms with E-state index < -0.39 is 17.7 Å². The maximum absolute atomic E-state index is 12.8. The third-order valence-corrected chi connectivity index (χ3v) is 5.20. The van der Waals surface area contributed by atoms with E-state index in [4.69, 9.17) is 16.3 Å². The molecule has 8 heteroatoms. The van der Waals surface area contributed by atoms with Gasteiger partial charge in [-0.2, -0.15) is 0 Å². The van der Waals surface area contributed by atoms with Gasteiger partial charge in [-0.05, 0) is 58.2 Å². The number of carbonyl (C=O) groups excluding carboxylic acids is 2. The van der Waals surface area contributed by atoms with E-state index in [1.807, 2.05) is 26.8 Å². The topological polar surface area (TPSA) is 71.5 Å². The van der Waals surface area contributed by atoms with Crippen LogP contribution in [0.4, 0.5) is 9.93 Å². The van der Waals surface area contributed by atoms with Crippen LogP contribution in [0, 0.1) is 0 Å². The number of nitrogens with one attached hydrogen (secondary N) is 1. The average molecular weight is 396 g/mol. The number of fused-ring (bicyclic) bond motifs is 1. The van der Waals surface area contributed by atoms with Gasteiger partial charge in [-0.1, -0.05) is 22.9 Å². The van der Waals surface area contributed by atoms with Crippen molar-refractivity contribution in [1.82, 2.24) is 9.88 Å². The predicted octanol–water partition coefficient (Wildman–Crippen LogP) is 4.68. The smallest absolute Gasteiger partial charge is 0.410 e. The van der Waals surface area contributed by atoms with Crippen molar-refractivity contribution in [2.75, 3.05) is 11.9 Å². The first-order chi connectivity index (χ1) is 12.2. The van der Waals surface area contributed by atoms with Crippen LogP contribution in [0.3, 0.4) is 0 Å². The number of ether oxygens (including phenoxy) is 1. The van der Waals surface area contributed by atoms with Crippen molar-refractivity contribution in [2.24, 2.45) is 0 Å². The fourth-order valence-electron chi connectivity index (χ4n) is 2.89. The number of benzene rings is 1. The number of thiazole rings is 1. The second-order valence-electron chi connectivity index (χ2n) is 7.31. The van der Waals surface area contributed by atoms with E-state index in [0.29, 0.717) is 23.1 Å². The monoisotopic (exact) mass is 395 g/mol. The van der Waals surface area contributed by atoms with Crippen molar-refractivity contribution in [3.63, 3.8) is 0 Å². The maximum atomic E-state index is 12.8. The lowest BCUT2D eigenvalue weighted by Gasteiger charge is -2.35. The van der Waals surface area contributed by atoms with Gasteiger partial charge in [0.25, 0.3) is 0 Å². The molecule has 2 amide bonds. The predicted molar refractivity (Wildman–Crippen MR) is 104 cm³/mol. The molecule has 6 nitrogen and oxygen atoms in total. The minimum atomic E-state index is -0.595. The molecule has 1 unspecified atom stereocenters.